The van der Waals surface area contributed by atoms with Crippen molar-refractivity contribution in [2.45, 2.75) is 44.9 Å². The summed E-state index contributed by atoms with van der Waals surface area (Å²) < 4.78 is 5.27. The Balaban J connectivity index is 0.00000300. The molecule has 2 unspecified atom stereocenters. The lowest BCUT2D eigenvalue weighted by Gasteiger charge is -2.30. The molecule has 0 aromatic heterocycles. The van der Waals surface area contributed by atoms with E-state index in [1.54, 1.807) is 7.11 Å². The van der Waals surface area contributed by atoms with Gasteiger partial charge < -0.3 is 19.9 Å². The fraction of sp³-hybridized carbons (Fsp3) is 0.696. The first kappa shape index (κ1) is 24.3. The molecule has 0 radical (unpaired) electrons. The molecule has 6 heteroatoms. The minimum atomic E-state index is 0. The normalized spacial score (nSPS) is 23.0. The van der Waals surface area contributed by atoms with Gasteiger partial charge in [0.25, 0.3) is 0 Å². The van der Waals surface area contributed by atoms with Crippen LogP contribution in [-0.4, -0.2) is 69.2 Å². The molecular weight excluding hydrogens is 475 g/mol. The summed E-state index contributed by atoms with van der Waals surface area (Å²) in [5.41, 5.74) is 1.40. The maximum atomic E-state index is 5.27. The van der Waals surface area contributed by atoms with Gasteiger partial charge in [0.2, 0.25) is 0 Å². The van der Waals surface area contributed by atoms with E-state index in [0.717, 1.165) is 37.3 Å². The maximum Gasteiger partial charge on any atom is 0.193 e. The summed E-state index contributed by atoms with van der Waals surface area (Å²) in [4.78, 5) is 9.57. The summed E-state index contributed by atoms with van der Waals surface area (Å²) in [6.45, 7) is 9.33. The van der Waals surface area contributed by atoms with Gasteiger partial charge in [-0.05, 0) is 68.8 Å². The number of methoxy groups -OCH3 is 1. The first-order valence-electron chi connectivity index (χ1n) is 11.0. The number of halogens is 1. The number of unbranched alkanes of at least 4 members (excludes halogenated alkanes) is 1. The molecule has 3 rings (SSSR count). The van der Waals surface area contributed by atoms with Crippen molar-refractivity contribution in [1.29, 1.82) is 0 Å². The summed E-state index contributed by atoms with van der Waals surface area (Å²) in [6.07, 6.45) is 6.43. The van der Waals surface area contributed by atoms with Crippen molar-refractivity contribution in [2.24, 2.45) is 10.9 Å². The van der Waals surface area contributed by atoms with Crippen molar-refractivity contribution < 1.29 is 4.74 Å². The first-order chi connectivity index (χ1) is 13.7. The van der Waals surface area contributed by atoms with Gasteiger partial charge in [0.1, 0.15) is 5.75 Å². The van der Waals surface area contributed by atoms with E-state index >= 15 is 0 Å². The minimum absolute atomic E-state index is 0. The van der Waals surface area contributed by atoms with Crippen LogP contribution in [0.3, 0.4) is 0 Å². The predicted octanol–water partition coefficient (Wildman–Crippen LogP) is 4.19. The molecular formula is C23H39IN4O. The molecule has 2 aliphatic rings. The van der Waals surface area contributed by atoms with Gasteiger partial charge >= 0.3 is 0 Å². The first-order valence-corrected chi connectivity index (χ1v) is 11.0. The van der Waals surface area contributed by atoms with Gasteiger partial charge in [0, 0.05) is 39.1 Å². The second kappa shape index (κ2) is 12.6. The molecule has 2 aliphatic heterocycles. The molecule has 29 heavy (non-hydrogen) atoms. The van der Waals surface area contributed by atoms with Crippen LogP contribution in [0.5, 0.6) is 5.75 Å². The molecule has 164 valence electrons. The highest BCUT2D eigenvalue weighted by molar-refractivity contribution is 14.0. The van der Waals surface area contributed by atoms with E-state index in [9.17, 15) is 0 Å². The molecule has 0 spiro atoms. The molecule has 0 aliphatic carbocycles. The third-order valence-corrected chi connectivity index (χ3v) is 6.21. The Morgan fingerprint density at radius 3 is 2.62 bits per heavy atom. The van der Waals surface area contributed by atoms with Gasteiger partial charge in [-0.1, -0.05) is 19.1 Å². The van der Waals surface area contributed by atoms with Crippen LogP contribution in [0.4, 0.5) is 0 Å². The Bertz CT molecular complexity index is 622. The molecule has 1 N–H and O–H groups in total. The van der Waals surface area contributed by atoms with E-state index < -0.39 is 0 Å². The van der Waals surface area contributed by atoms with Gasteiger partial charge in [0.15, 0.2) is 5.96 Å². The summed E-state index contributed by atoms with van der Waals surface area (Å²) in [5, 5.41) is 3.59. The quantitative estimate of drug-likeness (QED) is 0.257. The number of hydrogen-bond acceptors (Lipinski definition) is 3. The van der Waals surface area contributed by atoms with E-state index in [4.69, 9.17) is 4.74 Å². The van der Waals surface area contributed by atoms with Crippen molar-refractivity contribution in [1.82, 2.24) is 15.1 Å². The number of likely N-dealkylation sites (tertiary alicyclic amines) is 2. The Morgan fingerprint density at radius 2 is 1.93 bits per heavy atom. The van der Waals surface area contributed by atoms with Gasteiger partial charge in [-0.3, -0.25) is 4.99 Å². The zero-order chi connectivity index (χ0) is 19.8. The standard InChI is InChI=1S/C23H38N4O.HI/c1-19-7-6-15-26(17-19)14-5-4-13-25-23(24-2)27-16-12-21(18-27)20-8-10-22(28-3)11-9-20;/h8-11,19,21H,4-7,12-18H2,1-3H3,(H,24,25);1H. The van der Waals surface area contributed by atoms with Crippen LogP contribution in [0.1, 0.15) is 50.5 Å². The van der Waals surface area contributed by atoms with Crippen molar-refractivity contribution in [2.75, 3.05) is 53.4 Å². The maximum absolute atomic E-state index is 5.27. The average Bonchev–Trinajstić information content (AvgIpc) is 3.21. The van der Waals surface area contributed by atoms with Crippen molar-refractivity contribution >= 4 is 29.9 Å². The highest BCUT2D eigenvalue weighted by atomic mass is 127. The number of hydrogen-bond donors (Lipinski definition) is 1. The van der Waals surface area contributed by atoms with E-state index in [2.05, 4.69) is 51.3 Å². The average molecular weight is 514 g/mol. The van der Waals surface area contributed by atoms with Gasteiger partial charge in [-0.2, -0.15) is 0 Å². The third kappa shape index (κ3) is 7.31. The van der Waals surface area contributed by atoms with Gasteiger partial charge in [0.05, 0.1) is 7.11 Å². The van der Waals surface area contributed by atoms with Crippen LogP contribution in [-0.2, 0) is 0 Å². The van der Waals surface area contributed by atoms with Crippen LogP contribution in [0.2, 0.25) is 0 Å². The summed E-state index contributed by atoms with van der Waals surface area (Å²) >= 11 is 0. The number of benzene rings is 1. The molecule has 5 nitrogen and oxygen atoms in total. The number of nitrogens with zero attached hydrogens (tertiary/aromatic N) is 3. The van der Waals surface area contributed by atoms with E-state index in [1.807, 2.05) is 7.05 Å². The molecule has 1 aromatic carbocycles. The second-order valence-corrected chi connectivity index (χ2v) is 8.43. The zero-order valence-electron chi connectivity index (χ0n) is 18.4. The van der Waals surface area contributed by atoms with E-state index in [1.165, 1.54) is 57.3 Å². The number of nitrogens with one attached hydrogen (secondary N) is 1. The predicted molar refractivity (Wildman–Crippen MR) is 133 cm³/mol. The number of ether oxygens (including phenoxy) is 1. The Labute approximate surface area is 194 Å². The van der Waals surface area contributed by atoms with Gasteiger partial charge in [-0.25, -0.2) is 0 Å². The molecule has 2 saturated heterocycles. The van der Waals surface area contributed by atoms with E-state index in [0.29, 0.717) is 5.92 Å². The van der Waals surface area contributed by atoms with Crippen LogP contribution >= 0.6 is 24.0 Å². The fourth-order valence-corrected chi connectivity index (χ4v) is 4.58. The summed E-state index contributed by atoms with van der Waals surface area (Å²) in [6, 6.07) is 8.53. The van der Waals surface area contributed by atoms with Crippen LogP contribution in [0.25, 0.3) is 0 Å². The number of piperidine rings is 1. The SMILES string of the molecule is CN=C(NCCCCN1CCCC(C)C1)N1CCC(c2ccc(OC)cc2)C1.I. The van der Waals surface area contributed by atoms with Crippen LogP contribution < -0.4 is 10.1 Å². The number of guanidine groups is 1. The summed E-state index contributed by atoms with van der Waals surface area (Å²) in [7, 11) is 3.62. The molecule has 0 saturated carbocycles. The van der Waals surface area contributed by atoms with Crippen molar-refractivity contribution in [3.05, 3.63) is 29.8 Å². The second-order valence-electron chi connectivity index (χ2n) is 8.43. The lowest BCUT2D eigenvalue weighted by atomic mass is 9.98. The van der Waals surface area contributed by atoms with Crippen LogP contribution in [0.15, 0.2) is 29.3 Å². The number of rotatable bonds is 7. The lowest BCUT2D eigenvalue weighted by Crippen LogP contribution is -2.40. The van der Waals surface area contributed by atoms with Crippen molar-refractivity contribution in [3.8, 4) is 5.75 Å². The van der Waals surface area contributed by atoms with Crippen molar-refractivity contribution in [3.63, 3.8) is 0 Å². The Kier molecular flexibility index (Phi) is 10.6. The Hall–Kier alpha value is -1.02. The molecule has 2 atom stereocenters. The zero-order valence-corrected chi connectivity index (χ0v) is 20.7. The monoisotopic (exact) mass is 514 g/mol. The lowest BCUT2D eigenvalue weighted by molar-refractivity contribution is 0.181. The Morgan fingerprint density at radius 1 is 1.14 bits per heavy atom. The minimum Gasteiger partial charge on any atom is -0.497 e. The molecule has 0 amide bonds. The number of aliphatic imine (C=N–C) groups is 1. The molecule has 2 fully saturated rings. The smallest absolute Gasteiger partial charge is 0.193 e. The topological polar surface area (TPSA) is 40.1 Å². The molecule has 1 aromatic rings. The largest absolute Gasteiger partial charge is 0.497 e. The highest BCUT2D eigenvalue weighted by Gasteiger charge is 2.26. The van der Waals surface area contributed by atoms with Crippen LogP contribution in [0, 0.1) is 5.92 Å². The highest BCUT2D eigenvalue weighted by Crippen LogP contribution is 2.28. The van der Waals surface area contributed by atoms with Gasteiger partial charge in [-0.15, -0.1) is 24.0 Å². The third-order valence-electron chi connectivity index (χ3n) is 6.21. The fourth-order valence-electron chi connectivity index (χ4n) is 4.58. The molecule has 2 heterocycles. The summed E-state index contributed by atoms with van der Waals surface area (Å²) in [5.74, 6) is 3.43. The molecule has 0 bridgehead atoms. The van der Waals surface area contributed by atoms with E-state index in [-0.39, 0.29) is 24.0 Å².